The summed E-state index contributed by atoms with van der Waals surface area (Å²) in [6.07, 6.45) is 0.880. The number of carbonyl (C=O) groups excluding carboxylic acids is 1. The first-order valence-electron chi connectivity index (χ1n) is 9.04. The number of fused-ring (bicyclic) bond motifs is 1. The van der Waals surface area contributed by atoms with E-state index in [2.05, 4.69) is 10.3 Å². The van der Waals surface area contributed by atoms with Gasteiger partial charge in [0.05, 0.1) is 21.8 Å². The van der Waals surface area contributed by atoms with Crippen molar-refractivity contribution in [3.05, 3.63) is 64.4 Å². The first-order chi connectivity index (χ1) is 13.0. The van der Waals surface area contributed by atoms with Crippen LogP contribution in [0.2, 0.25) is 0 Å². The summed E-state index contributed by atoms with van der Waals surface area (Å²) in [5, 5.41) is 3.61. The van der Waals surface area contributed by atoms with Crippen molar-refractivity contribution in [3.8, 4) is 5.69 Å². The van der Waals surface area contributed by atoms with Gasteiger partial charge in [-0.25, -0.2) is 4.98 Å². The number of thioether (sulfide) groups is 1. The maximum atomic E-state index is 13.2. The zero-order chi connectivity index (χ0) is 19.4. The normalized spacial score (nSPS) is 12.1. The fraction of sp³-hybridized carbons (Fsp3) is 0.286. The fourth-order valence-corrected chi connectivity index (χ4v) is 3.67. The Morgan fingerprint density at radius 3 is 2.59 bits per heavy atom. The van der Waals surface area contributed by atoms with E-state index in [0.717, 1.165) is 17.7 Å². The smallest absolute Gasteiger partial charge is 0.266 e. The summed E-state index contributed by atoms with van der Waals surface area (Å²) < 4.78 is 1.59. The van der Waals surface area contributed by atoms with E-state index < -0.39 is 0 Å². The molecule has 2 aromatic carbocycles. The topological polar surface area (TPSA) is 64.0 Å². The van der Waals surface area contributed by atoms with E-state index in [1.165, 1.54) is 11.8 Å². The molecule has 27 heavy (non-hydrogen) atoms. The predicted molar refractivity (Wildman–Crippen MR) is 111 cm³/mol. The summed E-state index contributed by atoms with van der Waals surface area (Å²) in [5.74, 6) is -0.0558. The van der Waals surface area contributed by atoms with E-state index in [1.807, 2.05) is 63.2 Å². The molecule has 1 atom stereocenters. The predicted octanol–water partition coefficient (Wildman–Crippen LogP) is 3.70. The fourth-order valence-electron chi connectivity index (χ4n) is 2.72. The molecule has 0 aliphatic carbocycles. The highest BCUT2D eigenvalue weighted by Gasteiger charge is 2.19. The molecule has 0 aliphatic rings. The molecule has 1 unspecified atom stereocenters. The molecule has 0 spiro atoms. The van der Waals surface area contributed by atoms with Crippen LogP contribution >= 0.6 is 11.8 Å². The lowest BCUT2D eigenvalue weighted by Gasteiger charge is -2.16. The van der Waals surface area contributed by atoms with Gasteiger partial charge in [0.25, 0.3) is 5.56 Å². The Hall–Kier alpha value is -2.60. The van der Waals surface area contributed by atoms with E-state index in [4.69, 9.17) is 0 Å². The zero-order valence-corrected chi connectivity index (χ0v) is 16.5. The van der Waals surface area contributed by atoms with Gasteiger partial charge in [-0.05, 0) is 44.5 Å². The molecular weight excluding hydrogens is 358 g/mol. The van der Waals surface area contributed by atoms with Gasteiger partial charge in [0.2, 0.25) is 5.91 Å². The highest BCUT2D eigenvalue weighted by Crippen LogP contribution is 2.25. The molecule has 0 bridgehead atoms. The Balaban J connectivity index is 2.09. The molecular formula is C21H23N3O2S. The van der Waals surface area contributed by atoms with Crippen LogP contribution in [0.4, 0.5) is 0 Å². The Labute approximate surface area is 162 Å². The minimum absolute atomic E-state index is 0.0558. The zero-order valence-electron chi connectivity index (χ0n) is 15.7. The van der Waals surface area contributed by atoms with Crippen molar-refractivity contribution in [2.45, 2.75) is 37.6 Å². The van der Waals surface area contributed by atoms with Gasteiger partial charge in [0.15, 0.2) is 5.16 Å². The third kappa shape index (κ3) is 4.22. The first-order valence-corrected chi connectivity index (χ1v) is 9.92. The van der Waals surface area contributed by atoms with Crippen molar-refractivity contribution in [2.75, 3.05) is 6.54 Å². The second kappa shape index (κ2) is 8.39. The Kier molecular flexibility index (Phi) is 5.96. The van der Waals surface area contributed by atoms with Crippen LogP contribution in [0.3, 0.4) is 0 Å². The first kappa shape index (κ1) is 19.2. The summed E-state index contributed by atoms with van der Waals surface area (Å²) in [6, 6.07) is 15.0. The highest BCUT2D eigenvalue weighted by molar-refractivity contribution is 8.00. The monoisotopic (exact) mass is 381 g/mol. The minimum Gasteiger partial charge on any atom is -0.355 e. The van der Waals surface area contributed by atoms with Crippen molar-refractivity contribution < 1.29 is 4.79 Å². The van der Waals surface area contributed by atoms with Gasteiger partial charge >= 0.3 is 0 Å². The summed E-state index contributed by atoms with van der Waals surface area (Å²) in [7, 11) is 0. The summed E-state index contributed by atoms with van der Waals surface area (Å²) in [4.78, 5) is 30.2. The van der Waals surface area contributed by atoms with Gasteiger partial charge in [-0.2, -0.15) is 0 Å². The van der Waals surface area contributed by atoms with Crippen LogP contribution in [0.1, 0.15) is 25.8 Å². The van der Waals surface area contributed by atoms with Crippen molar-refractivity contribution in [2.24, 2.45) is 0 Å². The molecule has 3 rings (SSSR count). The van der Waals surface area contributed by atoms with Crippen LogP contribution in [-0.2, 0) is 4.79 Å². The quantitative estimate of drug-likeness (QED) is 0.522. The largest absolute Gasteiger partial charge is 0.355 e. The molecule has 0 fully saturated rings. The standard InChI is InChI=1S/C21H23N3O2S/c1-4-13-22-19(25)15(3)27-21-23-18-8-6-5-7-17(18)20(26)24(21)16-11-9-14(2)10-12-16/h5-12,15H,4,13H2,1-3H3,(H,22,25). The van der Waals surface area contributed by atoms with Crippen LogP contribution in [0.15, 0.2) is 58.5 Å². The summed E-state index contributed by atoms with van der Waals surface area (Å²) >= 11 is 1.30. The molecule has 1 heterocycles. The number of nitrogens with zero attached hydrogens (tertiary/aromatic N) is 2. The summed E-state index contributed by atoms with van der Waals surface area (Å²) in [6.45, 7) is 6.48. The molecule has 6 heteroatoms. The molecule has 3 aromatic rings. The van der Waals surface area contributed by atoms with Gasteiger partial charge < -0.3 is 5.32 Å². The Bertz CT molecular complexity index is 1010. The van der Waals surface area contributed by atoms with Gasteiger partial charge in [0, 0.05) is 6.54 Å². The lowest BCUT2D eigenvalue weighted by Crippen LogP contribution is -2.32. The number of nitrogens with one attached hydrogen (secondary N) is 1. The summed E-state index contributed by atoms with van der Waals surface area (Å²) in [5.41, 5.74) is 2.36. The number of carbonyl (C=O) groups is 1. The number of rotatable bonds is 6. The molecule has 0 saturated heterocycles. The minimum atomic E-state index is -0.360. The van der Waals surface area contributed by atoms with E-state index in [1.54, 1.807) is 10.6 Å². The van der Waals surface area contributed by atoms with Crippen molar-refractivity contribution in [1.82, 2.24) is 14.9 Å². The number of hydrogen-bond donors (Lipinski definition) is 1. The number of para-hydroxylation sites is 1. The van der Waals surface area contributed by atoms with Crippen LogP contribution in [0.5, 0.6) is 0 Å². The lowest BCUT2D eigenvalue weighted by molar-refractivity contribution is -0.120. The number of hydrogen-bond acceptors (Lipinski definition) is 4. The number of aromatic nitrogens is 2. The Morgan fingerprint density at radius 1 is 1.19 bits per heavy atom. The molecule has 0 radical (unpaired) electrons. The van der Waals surface area contributed by atoms with E-state index in [-0.39, 0.29) is 16.7 Å². The van der Waals surface area contributed by atoms with Gasteiger partial charge in [-0.15, -0.1) is 0 Å². The van der Waals surface area contributed by atoms with Crippen molar-refractivity contribution in [1.29, 1.82) is 0 Å². The molecule has 0 saturated carbocycles. The SMILES string of the molecule is CCCNC(=O)C(C)Sc1nc2ccccc2c(=O)n1-c1ccc(C)cc1. The maximum Gasteiger partial charge on any atom is 0.266 e. The molecule has 1 N–H and O–H groups in total. The van der Waals surface area contributed by atoms with Gasteiger partial charge in [-0.1, -0.05) is 48.5 Å². The van der Waals surface area contributed by atoms with Crippen LogP contribution in [-0.4, -0.2) is 27.3 Å². The molecule has 5 nitrogen and oxygen atoms in total. The number of amides is 1. The number of aryl methyl sites for hydroxylation is 1. The van der Waals surface area contributed by atoms with Gasteiger partial charge in [0.1, 0.15) is 0 Å². The molecule has 140 valence electrons. The van der Waals surface area contributed by atoms with E-state index in [0.29, 0.717) is 22.6 Å². The average molecular weight is 382 g/mol. The Morgan fingerprint density at radius 2 is 1.89 bits per heavy atom. The molecule has 0 aliphatic heterocycles. The van der Waals surface area contributed by atoms with Gasteiger partial charge in [-0.3, -0.25) is 14.2 Å². The second-order valence-corrected chi connectivity index (χ2v) is 7.75. The maximum absolute atomic E-state index is 13.2. The van der Waals surface area contributed by atoms with Crippen LogP contribution < -0.4 is 10.9 Å². The van der Waals surface area contributed by atoms with Crippen molar-refractivity contribution in [3.63, 3.8) is 0 Å². The third-order valence-corrected chi connectivity index (χ3v) is 5.29. The molecule has 1 aromatic heterocycles. The van der Waals surface area contributed by atoms with Crippen molar-refractivity contribution >= 4 is 28.6 Å². The highest BCUT2D eigenvalue weighted by atomic mass is 32.2. The lowest BCUT2D eigenvalue weighted by atomic mass is 10.2. The average Bonchev–Trinajstić information content (AvgIpc) is 2.67. The van der Waals surface area contributed by atoms with Crippen LogP contribution in [0, 0.1) is 6.92 Å². The molecule has 1 amide bonds. The van der Waals surface area contributed by atoms with E-state index >= 15 is 0 Å². The second-order valence-electron chi connectivity index (χ2n) is 6.44. The van der Waals surface area contributed by atoms with Crippen LogP contribution in [0.25, 0.3) is 16.6 Å². The number of benzene rings is 2. The van der Waals surface area contributed by atoms with E-state index in [9.17, 15) is 9.59 Å². The third-order valence-electron chi connectivity index (χ3n) is 4.24.